The van der Waals surface area contributed by atoms with Gasteiger partial charge < -0.3 is 0 Å². The number of hydrogen-bond acceptors (Lipinski definition) is 3. The molecule has 5 nitrogen and oxygen atoms in total. The Balaban J connectivity index is 2.32. The van der Waals surface area contributed by atoms with Crippen molar-refractivity contribution in [3.8, 4) is 0 Å². The number of H-pyrrole nitrogens is 1. The first-order chi connectivity index (χ1) is 7.54. The highest BCUT2D eigenvalue weighted by Gasteiger charge is 2.25. The van der Waals surface area contributed by atoms with Crippen LogP contribution in [0.2, 0.25) is 0 Å². The molecule has 0 aromatic carbocycles. The minimum Gasteiger partial charge on any atom is -0.282 e. The van der Waals surface area contributed by atoms with E-state index >= 15 is 0 Å². The summed E-state index contributed by atoms with van der Waals surface area (Å²) >= 11 is 0. The van der Waals surface area contributed by atoms with Crippen LogP contribution in [0, 0.1) is 6.92 Å². The minimum atomic E-state index is -3.09. The van der Waals surface area contributed by atoms with E-state index in [-0.39, 0.29) is 5.75 Å². The van der Waals surface area contributed by atoms with Gasteiger partial charge in [-0.25, -0.2) is 8.42 Å². The van der Waals surface area contributed by atoms with Crippen LogP contribution in [-0.4, -0.2) is 35.2 Å². The van der Waals surface area contributed by atoms with E-state index < -0.39 is 10.0 Å². The summed E-state index contributed by atoms with van der Waals surface area (Å²) in [5.74, 6) is 0.166. The summed E-state index contributed by atoms with van der Waals surface area (Å²) in [5.41, 5.74) is 3.05. The van der Waals surface area contributed by atoms with Crippen LogP contribution in [0.15, 0.2) is 0 Å². The van der Waals surface area contributed by atoms with E-state index in [2.05, 4.69) is 10.2 Å². The lowest BCUT2D eigenvalue weighted by atomic mass is 10.1. The molecule has 6 heteroatoms. The van der Waals surface area contributed by atoms with Gasteiger partial charge in [0.25, 0.3) is 0 Å². The Morgan fingerprint density at radius 1 is 1.50 bits per heavy atom. The van der Waals surface area contributed by atoms with Gasteiger partial charge in [-0.05, 0) is 26.7 Å². The normalized spacial score (nSPS) is 18.1. The molecule has 90 valence electrons. The molecular weight excluding hydrogens is 226 g/mol. The van der Waals surface area contributed by atoms with E-state index in [1.165, 1.54) is 0 Å². The second kappa shape index (κ2) is 4.18. The van der Waals surface area contributed by atoms with Gasteiger partial charge in [-0.3, -0.25) is 5.10 Å². The molecule has 0 unspecified atom stereocenters. The molecule has 2 rings (SSSR count). The van der Waals surface area contributed by atoms with Gasteiger partial charge in [-0.15, -0.1) is 0 Å². The first-order valence-corrected chi connectivity index (χ1v) is 7.16. The molecule has 1 N–H and O–H groups in total. The molecule has 1 aromatic heterocycles. The van der Waals surface area contributed by atoms with Crippen molar-refractivity contribution >= 4 is 10.0 Å². The Labute approximate surface area is 95.9 Å². The van der Waals surface area contributed by atoms with Crippen molar-refractivity contribution < 1.29 is 8.42 Å². The summed E-state index contributed by atoms with van der Waals surface area (Å²) in [6.45, 7) is 4.67. The molecule has 0 spiro atoms. The molecule has 1 aliphatic rings. The van der Waals surface area contributed by atoms with Crippen LogP contribution in [0.4, 0.5) is 0 Å². The van der Waals surface area contributed by atoms with Gasteiger partial charge in [-0.2, -0.15) is 9.40 Å². The summed E-state index contributed by atoms with van der Waals surface area (Å²) < 4.78 is 25.3. The van der Waals surface area contributed by atoms with Gasteiger partial charge in [0, 0.05) is 24.3 Å². The quantitative estimate of drug-likeness (QED) is 0.836. The zero-order valence-corrected chi connectivity index (χ0v) is 10.5. The molecule has 0 bridgehead atoms. The standard InChI is InChI=1S/C10H17N3O2S/c1-3-16(14,15)13-6-4-5-10-9(7-13)8(2)11-12-10/h3-7H2,1-2H3,(H,11,12). The van der Waals surface area contributed by atoms with Gasteiger partial charge in [0.05, 0.1) is 11.4 Å². The highest BCUT2D eigenvalue weighted by Crippen LogP contribution is 2.21. The molecule has 0 saturated carbocycles. The lowest BCUT2D eigenvalue weighted by Gasteiger charge is -2.19. The number of nitrogens with one attached hydrogen (secondary N) is 1. The number of hydrogen-bond donors (Lipinski definition) is 1. The third-order valence-electron chi connectivity index (χ3n) is 3.09. The number of aryl methyl sites for hydroxylation is 2. The van der Waals surface area contributed by atoms with Crippen molar-refractivity contribution in [3.63, 3.8) is 0 Å². The Bertz CT molecular complexity index is 478. The number of aromatic nitrogens is 2. The molecule has 0 atom stereocenters. The predicted molar refractivity (Wildman–Crippen MR) is 61.5 cm³/mol. The van der Waals surface area contributed by atoms with E-state index in [9.17, 15) is 8.42 Å². The Hall–Kier alpha value is -0.880. The van der Waals surface area contributed by atoms with Crippen molar-refractivity contribution in [2.45, 2.75) is 33.2 Å². The van der Waals surface area contributed by atoms with Crippen LogP contribution < -0.4 is 0 Å². The highest BCUT2D eigenvalue weighted by molar-refractivity contribution is 7.89. The van der Waals surface area contributed by atoms with Crippen molar-refractivity contribution in [1.29, 1.82) is 0 Å². The van der Waals surface area contributed by atoms with Gasteiger partial charge in [0.2, 0.25) is 10.0 Å². The second-order valence-corrected chi connectivity index (χ2v) is 6.36. The maximum atomic E-state index is 11.8. The fourth-order valence-corrected chi connectivity index (χ4v) is 3.13. The lowest BCUT2D eigenvalue weighted by Crippen LogP contribution is -2.32. The minimum absolute atomic E-state index is 0.166. The first kappa shape index (κ1) is 11.6. The zero-order chi connectivity index (χ0) is 11.8. The number of fused-ring (bicyclic) bond motifs is 1. The third kappa shape index (κ3) is 1.99. The van der Waals surface area contributed by atoms with Crippen LogP contribution >= 0.6 is 0 Å². The molecule has 0 amide bonds. The van der Waals surface area contributed by atoms with Crippen molar-refractivity contribution in [2.75, 3.05) is 12.3 Å². The second-order valence-electron chi connectivity index (χ2n) is 4.10. The molecule has 2 heterocycles. The molecule has 0 fully saturated rings. The van der Waals surface area contributed by atoms with Crippen LogP contribution in [0.5, 0.6) is 0 Å². The van der Waals surface area contributed by atoms with E-state index in [4.69, 9.17) is 0 Å². The Morgan fingerprint density at radius 3 is 2.94 bits per heavy atom. The summed E-state index contributed by atoms with van der Waals surface area (Å²) in [6, 6.07) is 0. The average molecular weight is 243 g/mol. The number of nitrogens with zero attached hydrogens (tertiary/aromatic N) is 2. The molecule has 1 aliphatic heterocycles. The molecule has 0 radical (unpaired) electrons. The van der Waals surface area contributed by atoms with Crippen LogP contribution in [0.1, 0.15) is 30.3 Å². The summed E-state index contributed by atoms with van der Waals surface area (Å²) in [4.78, 5) is 0. The smallest absolute Gasteiger partial charge is 0.214 e. The monoisotopic (exact) mass is 243 g/mol. The van der Waals surface area contributed by atoms with Crippen molar-refractivity contribution in [1.82, 2.24) is 14.5 Å². The third-order valence-corrected chi connectivity index (χ3v) is 4.91. The van der Waals surface area contributed by atoms with Gasteiger partial charge in [0.1, 0.15) is 0 Å². The molecular formula is C10H17N3O2S. The van der Waals surface area contributed by atoms with Gasteiger partial charge in [0.15, 0.2) is 0 Å². The van der Waals surface area contributed by atoms with Crippen LogP contribution in [0.25, 0.3) is 0 Å². The maximum absolute atomic E-state index is 11.8. The van der Waals surface area contributed by atoms with Gasteiger partial charge in [-0.1, -0.05) is 0 Å². The first-order valence-electron chi connectivity index (χ1n) is 5.55. The molecule has 16 heavy (non-hydrogen) atoms. The number of sulfonamides is 1. The predicted octanol–water partition coefficient (Wildman–Crippen LogP) is 0.816. The Morgan fingerprint density at radius 2 is 2.25 bits per heavy atom. The average Bonchev–Trinajstić information content (AvgIpc) is 2.51. The SMILES string of the molecule is CCS(=O)(=O)N1CCCc2[nH]nc(C)c2C1. The number of aromatic amines is 1. The van der Waals surface area contributed by atoms with Gasteiger partial charge >= 0.3 is 0 Å². The number of rotatable bonds is 2. The van der Waals surface area contributed by atoms with Crippen molar-refractivity contribution in [3.05, 3.63) is 17.0 Å². The van der Waals surface area contributed by atoms with Crippen LogP contribution in [0.3, 0.4) is 0 Å². The van der Waals surface area contributed by atoms with Crippen molar-refractivity contribution in [2.24, 2.45) is 0 Å². The molecule has 0 saturated heterocycles. The summed E-state index contributed by atoms with van der Waals surface area (Å²) in [7, 11) is -3.09. The van der Waals surface area contributed by atoms with E-state index in [0.717, 1.165) is 29.8 Å². The topological polar surface area (TPSA) is 66.1 Å². The van der Waals surface area contributed by atoms with Crippen LogP contribution in [-0.2, 0) is 23.0 Å². The highest BCUT2D eigenvalue weighted by atomic mass is 32.2. The fourth-order valence-electron chi connectivity index (χ4n) is 2.03. The zero-order valence-electron chi connectivity index (χ0n) is 9.65. The maximum Gasteiger partial charge on any atom is 0.214 e. The Kier molecular flexibility index (Phi) is 3.03. The largest absolute Gasteiger partial charge is 0.282 e. The fraction of sp³-hybridized carbons (Fsp3) is 0.700. The van der Waals surface area contributed by atoms with E-state index in [1.807, 2.05) is 6.92 Å². The summed E-state index contributed by atoms with van der Waals surface area (Å²) in [6.07, 6.45) is 1.74. The van der Waals surface area contributed by atoms with E-state index in [0.29, 0.717) is 13.1 Å². The molecule has 1 aromatic rings. The lowest BCUT2D eigenvalue weighted by molar-refractivity contribution is 0.410. The van der Waals surface area contributed by atoms with E-state index in [1.54, 1.807) is 11.2 Å². The molecule has 0 aliphatic carbocycles. The summed E-state index contributed by atoms with van der Waals surface area (Å²) in [5, 5.41) is 7.12.